The molecule has 0 bridgehead atoms. The molecule has 5 amide bonds. The van der Waals surface area contributed by atoms with Crippen LogP contribution in [0.3, 0.4) is 0 Å². The van der Waals surface area contributed by atoms with E-state index in [1.54, 1.807) is 20.8 Å². The van der Waals surface area contributed by atoms with Crippen LogP contribution < -0.4 is 16.0 Å². The number of carbonyl (C=O) groups is 5. The van der Waals surface area contributed by atoms with Crippen molar-refractivity contribution in [3.05, 3.63) is 0 Å². The molecule has 6 atom stereocenters. The second-order valence-corrected chi connectivity index (χ2v) is 25.3. The highest BCUT2D eigenvalue weighted by Crippen LogP contribution is 2.27. The highest BCUT2D eigenvalue weighted by atomic mass is 16.6. The Hall–Kier alpha value is -2.93. The molecule has 6 heterocycles. The van der Waals surface area contributed by atoms with Gasteiger partial charge < -0.3 is 40.3 Å². The largest absolute Gasteiger partial charge is 0.444 e. The third kappa shape index (κ3) is 27.6. The minimum atomic E-state index is -0.400. The molecule has 6 saturated heterocycles. The van der Waals surface area contributed by atoms with Crippen molar-refractivity contribution in [1.82, 2.24) is 35.6 Å². The van der Waals surface area contributed by atoms with Crippen LogP contribution in [0.5, 0.6) is 0 Å². The highest BCUT2D eigenvalue weighted by Gasteiger charge is 2.32. The summed E-state index contributed by atoms with van der Waals surface area (Å²) in [6, 6.07) is -0.400. The molecule has 13 heteroatoms. The molecule has 0 aromatic carbocycles. The number of nitrogens with zero attached hydrogens (tertiary/aromatic N) is 4. The number of carbonyl (C=O) groups excluding carboxylic acids is 5. The van der Waals surface area contributed by atoms with Gasteiger partial charge in [-0.2, -0.15) is 0 Å². The molecular formula is C59H115N7O6. The Morgan fingerprint density at radius 2 is 0.833 bits per heavy atom. The Morgan fingerprint density at radius 1 is 0.458 bits per heavy atom. The molecule has 422 valence electrons. The molecule has 6 rings (SSSR count). The second kappa shape index (κ2) is 34.6. The zero-order valence-electron chi connectivity index (χ0n) is 50.1. The first kappa shape index (κ1) is 67.1. The van der Waals surface area contributed by atoms with Gasteiger partial charge in [0.15, 0.2) is 0 Å². The van der Waals surface area contributed by atoms with E-state index in [0.29, 0.717) is 23.7 Å². The standard InChI is InChI=1S/C13H24N2O2.C12H23NO2.C10H19NO.C9H17NO.C8H17N.C7H15N/c1-9(2)12-5-7-15(8-6-12)13(17)10(3)14-11(4)16;1-9(2)10-6-7-13(8-10)11(14)15-12(3,4)5;1-8(2)10-5-4-6-11(7-10)9(3)12;1-7(2)9-4-5-10(6-9)8(3)11;1-7(2)8-4-3-5-9-6-8;1-6(2)7-3-4-8-5-7/h9-10,12H,5-8H2,1-4H3,(H,14,16);9-10H,6-8H2,1-5H3;8,10H,4-7H2,1-3H3;7,9H,4-6H2,1-3H3;7-9H,3-6H2,1-2H3;6-8H,3-5H2,1-2H3. The maximum atomic E-state index is 12.0. The number of rotatable bonds is 8. The summed E-state index contributed by atoms with van der Waals surface area (Å²) < 4.78 is 5.34. The van der Waals surface area contributed by atoms with Gasteiger partial charge in [0.25, 0.3) is 0 Å². The average Bonchev–Trinajstić information content (AvgIpc) is 4.14. The minimum Gasteiger partial charge on any atom is -0.444 e. The Labute approximate surface area is 443 Å². The number of nitrogens with one attached hydrogen (secondary N) is 3. The van der Waals surface area contributed by atoms with Crippen LogP contribution in [0.15, 0.2) is 0 Å². The summed E-state index contributed by atoms with van der Waals surface area (Å²) in [6.45, 7) is 51.5. The first-order valence-electron chi connectivity index (χ1n) is 29.0. The molecule has 0 aliphatic carbocycles. The molecule has 72 heavy (non-hydrogen) atoms. The van der Waals surface area contributed by atoms with Crippen molar-refractivity contribution in [3.8, 4) is 0 Å². The Morgan fingerprint density at radius 3 is 1.18 bits per heavy atom. The lowest BCUT2D eigenvalue weighted by atomic mass is 9.86. The normalized spacial score (nSPS) is 24.0. The van der Waals surface area contributed by atoms with Crippen molar-refractivity contribution in [2.24, 2.45) is 71.0 Å². The van der Waals surface area contributed by atoms with Crippen LogP contribution in [-0.2, 0) is 23.9 Å². The summed E-state index contributed by atoms with van der Waals surface area (Å²) in [6.07, 6.45) is 11.0. The zero-order chi connectivity index (χ0) is 54.9. The molecule has 6 unspecified atom stereocenters. The van der Waals surface area contributed by atoms with Gasteiger partial charge in [0, 0.05) is 73.1 Å². The number of hydrogen-bond acceptors (Lipinski definition) is 8. The fourth-order valence-electron chi connectivity index (χ4n) is 10.4. The molecule has 13 nitrogen and oxygen atoms in total. The molecule has 0 spiro atoms. The van der Waals surface area contributed by atoms with E-state index >= 15 is 0 Å². The number of amides is 5. The molecule has 6 aliphatic rings. The fraction of sp³-hybridized carbons (Fsp3) is 0.915. The van der Waals surface area contributed by atoms with E-state index < -0.39 is 6.04 Å². The first-order chi connectivity index (χ1) is 33.5. The van der Waals surface area contributed by atoms with Crippen molar-refractivity contribution in [3.63, 3.8) is 0 Å². The Bertz CT molecular complexity index is 1530. The second-order valence-electron chi connectivity index (χ2n) is 25.3. The van der Waals surface area contributed by atoms with Crippen LogP contribution in [-0.4, -0.2) is 140 Å². The number of piperidine rings is 3. The molecule has 0 radical (unpaired) electrons. The van der Waals surface area contributed by atoms with Crippen LogP contribution in [0.25, 0.3) is 0 Å². The molecule has 0 aromatic heterocycles. The van der Waals surface area contributed by atoms with Crippen molar-refractivity contribution in [2.75, 3.05) is 78.5 Å². The van der Waals surface area contributed by atoms with Gasteiger partial charge in [-0.3, -0.25) is 19.2 Å². The van der Waals surface area contributed by atoms with Crippen LogP contribution >= 0.6 is 0 Å². The van der Waals surface area contributed by atoms with Crippen LogP contribution in [0.4, 0.5) is 4.79 Å². The van der Waals surface area contributed by atoms with Crippen LogP contribution in [0, 0.1) is 71.0 Å². The van der Waals surface area contributed by atoms with Gasteiger partial charge in [-0.05, 0) is 183 Å². The lowest BCUT2D eigenvalue weighted by Crippen LogP contribution is -2.49. The van der Waals surface area contributed by atoms with Gasteiger partial charge in [0.05, 0.1) is 0 Å². The van der Waals surface area contributed by atoms with Crippen LogP contribution in [0.1, 0.15) is 189 Å². The van der Waals surface area contributed by atoms with E-state index in [-0.39, 0.29) is 35.3 Å². The van der Waals surface area contributed by atoms with Gasteiger partial charge in [-0.25, -0.2) is 4.79 Å². The molecule has 6 aliphatic heterocycles. The smallest absolute Gasteiger partial charge is 0.410 e. The Kier molecular flexibility index (Phi) is 32.2. The SMILES string of the molecule is CC(=O)N1CCC(C(C)C)C1.CC(=O)N1CCCC(C(C)C)C1.CC(=O)NC(C)C(=O)N1CCC(C(C)C)CC1.CC(C)C1CCCNC1.CC(C)C1CCN(C(=O)OC(C)(C)C)C1.CC(C)C1CCNC1. The lowest BCUT2D eigenvalue weighted by molar-refractivity contribution is -0.137. The average molecular weight is 1020 g/mol. The third-order valence-electron chi connectivity index (χ3n) is 16.2. The topological polar surface area (TPSA) is 144 Å². The Balaban J connectivity index is 0.000000439. The number of likely N-dealkylation sites (tertiary alicyclic amines) is 4. The maximum absolute atomic E-state index is 12.0. The monoisotopic (exact) mass is 1020 g/mol. The number of hydrogen-bond donors (Lipinski definition) is 3. The van der Waals surface area contributed by atoms with Gasteiger partial charge >= 0.3 is 6.09 Å². The van der Waals surface area contributed by atoms with Gasteiger partial charge in [-0.15, -0.1) is 0 Å². The molecule has 3 N–H and O–H groups in total. The molecular weight excluding hydrogens is 903 g/mol. The van der Waals surface area contributed by atoms with Crippen molar-refractivity contribution >= 4 is 29.7 Å². The molecule has 0 saturated carbocycles. The van der Waals surface area contributed by atoms with E-state index in [2.05, 4.69) is 99.0 Å². The molecule has 6 fully saturated rings. The van der Waals surface area contributed by atoms with Crippen molar-refractivity contribution in [1.29, 1.82) is 0 Å². The summed E-state index contributed by atoms with van der Waals surface area (Å²) in [5.41, 5.74) is -0.382. The number of ether oxygens (including phenoxy) is 1. The van der Waals surface area contributed by atoms with E-state index in [9.17, 15) is 24.0 Å². The highest BCUT2D eigenvalue weighted by molar-refractivity contribution is 5.86. The van der Waals surface area contributed by atoms with Gasteiger partial charge in [0.1, 0.15) is 11.6 Å². The van der Waals surface area contributed by atoms with E-state index in [4.69, 9.17) is 4.74 Å². The van der Waals surface area contributed by atoms with Crippen molar-refractivity contribution in [2.45, 2.75) is 201 Å². The summed E-state index contributed by atoms with van der Waals surface area (Å²) in [4.78, 5) is 64.3. The summed E-state index contributed by atoms with van der Waals surface area (Å²) in [5, 5.41) is 9.41. The lowest BCUT2D eigenvalue weighted by Gasteiger charge is -2.35. The fourth-order valence-corrected chi connectivity index (χ4v) is 10.4. The minimum absolute atomic E-state index is 0.0439. The predicted molar refractivity (Wildman–Crippen MR) is 299 cm³/mol. The summed E-state index contributed by atoms with van der Waals surface area (Å²) >= 11 is 0. The summed E-state index contributed by atoms with van der Waals surface area (Å²) in [5.74, 6) is 9.62. The third-order valence-corrected chi connectivity index (χ3v) is 16.2. The maximum Gasteiger partial charge on any atom is 0.410 e. The van der Waals surface area contributed by atoms with E-state index in [0.717, 1.165) is 119 Å². The van der Waals surface area contributed by atoms with Crippen molar-refractivity contribution < 1.29 is 28.7 Å². The van der Waals surface area contributed by atoms with E-state index in [1.165, 1.54) is 71.6 Å². The summed E-state index contributed by atoms with van der Waals surface area (Å²) in [7, 11) is 0. The van der Waals surface area contributed by atoms with Gasteiger partial charge in [-0.1, -0.05) is 83.1 Å². The first-order valence-corrected chi connectivity index (χ1v) is 29.0. The van der Waals surface area contributed by atoms with E-state index in [1.807, 2.05) is 40.4 Å². The quantitative estimate of drug-likeness (QED) is 0.218. The predicted octanol–water partition coefficient (Wildman–Crippen LogP) is 10.6. The molecule has 0 aromatic rings. The zero-order valence-corrected chi connectivity index (χ0v) is 50.1. The van der Waals surface area contributed by atoms with Gasteiger partial charge in [0.2, 0.25) is 23.6 Å². The van der Waals surface area contributed by atoms with Crippen LogP contribution in [0.2, 0.25) is 0 Å².